The van der Waals surface area contributed by atoms with Crippen molar-refractivity contribution >= 4 is 33.3 Å². The van der Waals surface area contributed by atoms with Crippen molar-refractivity contribution in [3.8, 4) is 0 Å². The molecule has 0 spiro atoms. The number of fused-ring (bicyclic) bond motifs is 1. The Morgan fingerprint density at radius 2 is 2.23 bits per heavy atom. The smallest absolute Gasteiger partial charge is 0.186 e. The van der Waals surface area contributed by atoms with Crippen molar-refractivity contribution < 1.29 is 0 Å². The van der Waals surface area contributed by atoms with Gasteiger partial charge in [-0.2, -0.15) is 0 Å². The zero-order valence-electron chi connectivity index (χ0n) is 7.41. The predicted molar refractivity (Wildman–Crippen MR) is 56.5 cm³/mol. The minimum absolute atomic E-state index is 0.498. The Kier molecular flexibility index (Phi) is 2.22. The van der Waals surface area contributed by atoms with E-state index in [0.29, 0.717) is 10.4 Å². The van der Waals surface area contributed by atoms with Crippen LogP contribution in [-0.2, 0) is 0 Å². The fourth-order valence-electron chi connectivity index (χ4n) is 1.12. The van der Waals surface area contributed by atoms with Crippen LogP contribution in [0.4, 0.5) is 0 Å². The molecule has 2 heterocycles. The molecule has 0 aliphatic heterocycles. The molecular formula is C9H9ClN2S. The van der Waals surface area contributed by atoms with E-state index >= 15 is 0 Å². The fourth-order valence-corrected chi connectivity index (χ4v) is 2.15. The number of rotatable bonds is 1. The van der Waals surface area contributed by atoms with Crippen molar-refractivity contribution in [2.24, 2.45) is 0 Å². The maximum atomic E-state index is 5.78. The molecule has 0 aromatic carbocycles. The average molecular weight is 213 g/mol. The Morgan fingerprint density at radius 1 is 1.46 bits per heavy atom. The second-order valence-electron chi connectivity index (χ2n) is 3.21. The first-order valence-corrected chi connectivity index (χ1v) is 5.28. The van der Waals surface area contributed by atoms with Gasteiger partial charge >= 0.3 is 0 Å². The van der Waals surface area contributed by atoms with Crippen molar-refractivity contribution in [2.45, 2.75) is 19.8 Å². The standard InChI is InChI=1S/C9H9ClN2S/c1-5(2)6-3-7-8(11-4-6)12-9(10)13-7/h3-5H,1-2H3. The van der Waals surface area contributed by atoms with Gasteiger partial charge in [0.15, 0.2) is 10.1 Å². The van der Waals surface area contributed by atoms with Gasteiger partial charge in [0.25, 0.3) is 0 Å². The molecule has 0 amide bonds. The summed E-state index contributed by atoms with van der Waals surface area (Å²) in [6.45, 7) is 4.29. The zero-order valence-corrected chi connectivity index (χ0v) is 8.99. The SMILES string of the molecule is CC(C)c1cnc2nc(Cl)sc2c1. The fraction of sp³-hybridized carbons (Fsp3) is 0.333. The minimum atomic E-state index is 0.498. The zero-order chi connectivity index (χ0) is 9.42. The highest BCUT2D eigenvalue weighted by molar-refractivity contribution is 7.22. The summed E-state index contributed by atoms with van der Waals surface area (Å²) in [5.41, 5.74) is 1.98. The molecular weight excluding hydrogens is 204 g/mol. The normalized spacial score (nSPS) is 11.4. The summed E-state index contributed by atoms with van der Waals surface area (Å²) in [6.07, 6.45) is 1.86. The van der Waals surface area contributed by atoms with Gasteiger partial charge < -0.3 is 0 Å². The summed E-state index contributed by atoms with van der Waals surface area (Å²) in [5.74, 6) is 0.498. The van der Waals surface area contributed by atoms with Crippen molar-refractivity contribution in [3.05, 3.63) is 22.3 Å². The molecule has 0 radical (unpaired) electrons. The van der Waals surface area contributed by atoms with E-state index in [1.54, 1.807) is 0 Å². The first kappa shape index (κ1) is 8.91. The minimum Gasteiger partial charge on any atom is -0.236 e. The lowest BCUT2D eigenvalue weighted by Gasteiger charge is -2.02. The summed E-state index contributed by atoms with van der Waals surface area (Å²) < 4.78 is 1.62. The molecule has 13 heavy (non-hydrogen) atoms. The van der Waals surface area contributed by atoms with Gasteiger partial charge in [-0.3, -0.25) is 0 Å². The van der Waals surface area contributed by atoms with Crippen LogP contribution in [0.1, 0.15) is 25.3 Å². The Labute approximate surface area is 85.6 Å². The molecule has 0 unspecified atom stereocenters. The molecule has 2 rings (SSSR count). The van der Waals surface area contributed by atoms with Crippen LogP contribution in [0.3, 0.4) is 0 Å². The molecule has 0 saturated heterocycles. The Morgan fingerprint density at radius 3 is 2.92 bits per heavy atom. The van der Waals surface area contributed by atoms with Gasteiger partial charge in [0.2, 0.25) is 0 Å². The van der Waals surface area contributed by atoms with E-state index in [4.69, 9.17) is 11.6 Å². The Hall–Kier alpha value is -0.670. The van der Waals surface area contributed by atoms with E-state index in [-0.39, 0.29) is 0 Å². The summed E-state index contributed by atoms with van der Waals surface area (Å²) in [4.78, 5) is 8.32. The van der Waals surface area contributed by atoms with Gasteiger partial charge in [-0.1, -0.05) is 25.4 Å². The monoisotopic (exact) mass is 212 g/mol. The molecule has 0 N–H and O–H groups in total. The maximum absolute atomic E-state index is 5.78. The van der Waals surface area contributed by atoms with Crippen LogP contribution < -0.4 is 0 Å². The van der Waals surface area contributed by atoms with E-state index in [9.17, 15) is 0 Å². The molecule has 0 fully saturated rings. The van der Waals surface area contributed by atoms with E-state index in [0.717, 1.165) is 10.3 Å². The van der Waals surface area contributed by atoms with Crippen LogP contribution in [0.15, 0.2) is 12.3 Å². The lowest BCUT2D eigenvalue weighted by atomic mass is 10.1. The number of hydrogen-bond donors (Lipinski definition) is 0. The topological polar surface area (TPSA) is 25.8 Å². The molecule has 4 heteroatoms. The third-order valence-corrected chi connectivity index (χ3v) is 3.00. The van der Waals surface area contributed by atoms with Gasteiger partial charge in [-0.25, -0.2) is 9.97 Å². The highest BCUT2D eigenvalue weighted by Gasteiger charge is 2.05. The van der Waals surface area contributed by atoms with E-state index in [2.05, 4.69) is 29.9 Å². The summed E-state index contributed by atoms with van der Waals surface area (Å²) >= 11 is 7.26. The second-order valence-corrected chi connectivity index (χ2v) is 4.82. The summed E-state index contributed by atoms with van der Waals surface area (Å²) in [7, 11) is 0. The van der Waals surface area contributed by atoms with Crippen molar-refractivity contribution in [1.82, 2.24) is 9.97 Å². The predicted octanol–water partition coefficient (Wildman–Crippen LogP) is 3.47. The largest absolute Gasteiger partial charge is 0.236 e. The number of halogens is 1. The lowest BCUT2D eigenvalue weighted by Crippen LogP contribution is -1.87. The van der Waals surface area contributed by atoms with Gasteiger partial charge in [-0.15, -0.1) is 11.3 Å². The number of nitrogens with zero attached hydrogens (tertiary/aromatic N) is 2. The quantitative estimate of drug-likeness (QED) is 0.724. The number of aromatic nitrogens is 2. The number of pyridine rings is 1. The highest BCUT2D eigenvalue weighted by atomic mass is 35.5. The molecule has 68 valence electrons. The molecule has 0 bridgehead atoms. The third-order valence-electron chi connectivity index (χ3n) is 1.91. The van der Waals surface area contributed by atoms with Crippen LogP contribution in [-0.4, -0.2) is 9.97 Å². The number of thiazole rings is 1. The van der Waals surface area contributed by atoms with E-state index < -0.39 is 0 Å². The Bertz CT molecular complexity index is 436. The van der Waals surface area contributed by atoms with E-state index in [1.807, 2.05) is 6.20 Å². The molecule has 2 aromatic heterocycles. The molecule has 0 aliphatic rings. The van der Waals surface area contributed by atoms with Gasteiger partial charge in [0.1, 0.15) is 0 Å². The summed E-state index contributed by atoms with van der Waals surface area (Å²) in [6, 6.07) is 2.11. The van der Waals surface area contributed by atoms with Crippen molar-refractivity contribution in [2.75, 3.05) is 0 Å². The van der Waals surface area contributed by atoms with E-state index in [1.165, 1.54) is 16.9 Å². The summed E-state index contributed by atoms with van der Waals surface area (Å²) in [5, 5.41) is 0. The molecule has 0 saturated carbocycles. The highest BCUT2D eigenvalue weighted by Crippen LogP contribution is 2.26. The first-order chi connectivity index (χ1) is 6.16. The van der Waals surface area contributed by atoms with Crippen LogP contribution in [0, 0.1) is 0 Å². The van der Waals surface area contributed by atoms with Crippen molar-refractivity contribution in [3.63, 3.8) is 0 Å². The third kappa shape index (κ3) is 1.67. The first-order valence-electron chi connectivity index (χ1n) is 4.09. The maximum Gasteiger partial charge on any atom is 0.186 e. The van der Waals surface area contributed by atoms with Crippen LogP contribution in [0.5, 0.6) is 0 Å². The van der Waals surface area contributed by atoms with Crippen molar-refractivity contribution in [1.29, 1.82) is 0 Å². The van der Waals surface area contributed by atoms with Gasteiger partial charge in [0, 0.05) is 6.20 Å². The lowest BCUT2D eigenvalue weighted by molar-refractivity contribution is 0.862. The second kappa shape index (κ2) is 3.24. The van der Waals surface area contributed by atoms with Crippen LogP contribution in [0.2, 0.25) is 4.47 Å². The van der Waals surface area contributed by atoms with Crippen LogP contribution in [0.25, 0.3) is 10.3 Å². The average Bonchev–Trinajstić information content (AvgIpc) is 2.42. The van der Waals surface area contributed by atoms with Gasteiger partial charge in [0.05, 0.1) is 4.70 Å². The molecule has 2 aromatic rings. The van der Waals surface area contributed by atoms with Crippen LogP contribution >= 0.6 is 22.9 Å². The molecule has 2 nitrogen and oxygen atoms in total. The Balaban J connectivity index is 2.61. The number of hydrogen-bond acceptors (Lipinski definition) is 3. The van der Waals surface area contributed by atoms with Gasteiger partial charge in [-0.05, 0) is 17.5 Å². The molecule has 0 atom stereocenters. The molecule has 0 aliphatic carbocycles.